The predicted octanol–water partition coefficient (Wildman–Crippen LogP) is 1.46. The zero-order valence-electron chi connectivity index (χ0n) is 10.4. The van der Waals surface area contributed by atoms with E-state index in [-0.39, 0.29) is 13.0 Å². The Morgan fingerprint density at radius 3 is 2.67 bits per heavy atom. The molecule has 0 aliphatic rings. The number of aromatic nitrogens is 2. The second kappa shape index (κ2) is 6.19. The van der Waals surface area contributed by atoms with Gasteiger partial charge in [-0.05, 0) is 12.5 Å². The van der Waals surface area contributed by atoms with Crippen molar-refractivity contribution < 1.29 is 23.0 Å². The molecule has 1 N–H and O–H groups in total. The van der Waals surface area contributed by atoms with Crippen LogP contribution in [0.5, 0.6) is 0 Å². The summed E-state index contributed by atoms with van der Waals surface area (Å²) in [6.07, 6.45) is -4.33. The fourth-order valence-corrected chi connectivity index (χ4v) is 1.55. The van der Waals surface area contributed by atoms with Crippen molar-refractivity contribution in [2.45, 2.75) is 32.0 Å². The zero-order chi connectivity index (χ0) is 13.8. The topological polar surface area (TPSA) is 47.3 Å². The number of hydrogen-bond donors (Lipinski definition) is 1. The maximum atomic E-state index is 11.8. The van der Waals surface area contributed by atoms with Gasteiger partial charge in [-0.15, -0.1) is 0 Å². The molecule has 18 heavy (non-hydrogen) atoms. The quantitative estimate of drug-likeness (QED) is 0.848. The zero-order valence-corrected chi connectivity index (χ0v) is 10.4. The van der Waals surface area contributed by atoms with Crippen molar-refractivity contribution in [3.63, 3.8) is 0 Å². The largest absolute Gasteiger partial charge is 0.411 e. The Balaban J connectivity index is 2.39. The van der Waals surface area contributed by atoms with Crippen molar-refractivity contribution in [3.8, 4) is 0 Å². The number of aliphatic hydroxyl groups excluding tert-OH is 1. The van der Waals surface area contributed by atoms with Crippen LogP contribution in [0.15, 0.2) is 6.07 Å². The van der Waals surface area contributed by atoms with Crippen molar-refractivity contribution >= 4 is 0 Å². The van der Waals surface area contributed by atoms with Crippen LogP contribution in [0, 0.1) is 0 Å². The molecule has 0 aromatic carbocycles. The normalized spacial score (nSPS) is 13.9. The lowest BCUT2D eigenvalue weighted by molar-refractivity contribution is -0.179. The summed E-state index contributed by atoms with van der Waals surface area (Å²) in [6, 6.07) is 1.83. The number of rotatable bonds is 6. The molecule has 7 heteroatoms. The summed E-state index contributed by atoms with van der Waals surface area (Å²) in [5.74, 6) is 0. The summed E-state index contributed by atoms with van der Waals surface area (Å²) >= 11 is 0. The molecule has 0 saturated heterocycles. The van der Waals surface area contributed by atoms with E-state index in [1.165, 1.54) is 0 Å². The third-order valence-corrected chi connectivity index (χ3v) is 2.41. The molecule has 0 aliphatic carbocycles. The minimum absolute atomic E-state index is 0.224. The summed E-state index contributed by atoms with van der Waals surface area (Å²) in [5.41, 5.74) is 1.66. The molecular formula is C11H17F3N2O2. The Hall–Kier alpha value is -1.08. The SMILES string of the molecule is CCc1cc(CC(O)COCC(F)(F)F)n(C)n1. The molecule has 1 unspecified atom stereocenters. The van der Waals surface area contributed by atoms with Crippen LogP contribution >= 0.6 is 0 Å². The molecule has 1 aromatic heterocycles. The van der Waals surface area contributed by atoms with E-state index in [4.69, 9.17) is 0 Å². The van der Waals surface area contributed by atoms with Crippen LogP contribution in [0.2, 0.25) is 0 Å². The van der Waals surface area contributed by atoms with Crippen LogP contribution in [0.4, 0.5) is 13.2 Å². The molecule has 4 nitrogen and oxygen atoms in total. The van der Waals surface area contributed by atoms with Gasteiger partial charge in [0.25, 0.3) is 0 Å². The highest BCUT2D eigenvalue weighted by molar-refractivity contribution is 5.11. The number of hydrogen-bond acceptors (Lipinski definition) is 3. The molecule has 1 aromatic rings. The van der Waals surface area contributed by atoms with E-state index in [1.54, 1.807) is 11.7 Å². The Kier molecular flexibility index (Phi) is 5.15. The van der Waals surface area contributed by atoms with Crippen molar-refractivity contribution in [2.24, 2.45) is 7.05 Å². The van der Waals surface area contributed by atoms with E-state index in [0.717, 1.165) is 17.8 Å². The molecule has 1 rings (SSSR count). The van der Waals surface area contributed by atoms with E-state index < -0.39 is 18.9 Å². The fraction of sp³-hybridized carbons (Fsp3) is 0.727. The summed E-state index contributed by atoms with van der Waals surface area (Å²) in [5, 5.41) is 13.8. The van der Waals surface area contributed by atoms with Crippen LogP contribution in [-0.2, 0) is 24.6 Å². The van der Waals surface area contributed by atoms with Gasteiger partial charge in [-0.3, -0.25) is 4.68 Å². The number of alkyl halides is 3. The second-order valence-electron chi connectivity index (χ2n) is 4.09. The molecule has 1 atom stereocenters. The molecule has 0 radical (unpaired) electrons. The molecule has 0 fully saturated rings. The first-order valence-corrected chi connectivity index (χ1v) is 5.66. The van der Waals surface area contributed by atoms with Crippen molar-refractivity contribution in [1.82, 2.24) is 9.78 Å². The number of ether oxygens (including phenoxy) is 1. The van der Waals surface area contributed by atoms with Gasteiger partial charge in [0, 0.05) is 19.2 Å². The third-order valence-electron chi connectivity index (χ3n) is 2.41. The van der Waals surface area contributed by atoms with Gasteiger partial charge >= 0.3 is 6.18 Å². The van der Waals surface area contributed by atoms with Crippen molar-refractivity contribution in [2.75, 3.05) is 13.2 Å². The maximum absolute atomic E-state index is 11.8. The number of nitrogens with zero attached hydrogens (tertiary/aromatic N) is 2. The lowest BCUT2D eigenvalue weighted by Crippen LogP contribution is -2.24. The first-order valence-electron chi connectivity index (χ1n) is 5.66. The van der Waals surface area contributed by atoms with E-state index in [2.05, 4.69) is 9.84 Å². The Morgan fingerprint density at radius 2 is 2.17 bits per heavy atom. The van der Waals surface area contributed by atoms with Gasteiger partial charge in [-0.25, -0.2) is 0 Å². The van der Waals surface area contributed by atoms with E-state index in [0.29, 0.717) is 0 Å². The van der Waals surface area contributed by atoms with Crippen LogP contribution in [0.1, 0.15) is 18.3 Å². The summed E-state index contributed by atoms with van der Waals surface area (Å²) in [6.45, 7) is 0.275. The van der Waals surface area contributed by atoms with Crippen LogP contribution < -0.4 is 0 Å². The van der Waals surface area contributed by atoms with Crippen LogP contribution in [0.25, 0.3) is 0 Å². The Bertz CT molecular complexity index is 377. The standard InChI is InChI=1S/C11H17F3N2O2/c1-3-8-4-9(16(2)15-8)5-10(17)6-18-7-11(12,13)14/h4,10,17H,3,5-7H2,1-2H3. The number of aliphatic hydroxyl groups is 1. The molecule has 0 aliphatic heterocycles. The fourth-order valence-electron chi connectivity index (χ4n) is 1.55. The minimum Gasteiger partial charge on any atom is -0.390 e. The van der Waals surface area contributed by atoms with Gasteiger partial charge in [0.15, 0.2) is 0 Å². The Morgan fingerprint density at radius 1 is 1.50 bits per heavy atom. The Labute approximate surface area is 103 Å². The highest BCUT2D eigenvalue weighted by atomic mass is 19.4. The van der Waals surface area contributed by atoms with Gasteiger partial charge in [-0.2, -0.15) is 18.3 Å². The highest BCUT2D eigenvalue weighted by Crippen LogP contribution is 2.15. The first kappa shape index (κ1) is 15.0. The monoisotopic (exact) mass is 266 g/mol. The molecule has 104 valence electrons. The maximum Gasteiger partial charge on any atom is 0.411 e. The van der Waals surface area contributed by atoms with Crippen molar-refractivity contribution in [1.29, 1.82) is 0 Å². The molecule has 0 saturated carbocycles. The van der Waals surface area contributed by atoms with E-state index in [9.17, 15) is 18.3 Å². The second-order valence-corrected chi connectivity index (χ2v) is 4.09. The minimum atomic E-state index is -4.36. The number of aryl methyl sites for hydroxylation is 2. The summed E-state index contributed by atoms with van der Waals surface area (Å²) < 4.78 is 41.5. The van der Waals surface area contributed by atoms with Gasteiger partial charge in [0.2, 0.25) is 0 Å². The molecule has 1 heterocycles. The smallest absolute Gasteiger partial charge is 0.390 e. The van der Waals surface area contributed by atoms with Gasteiger partial charge in [0.1, 0.15) is 6.61 Å². The summed E-state index contributed by atoms with van der Waals surface area (Å²) in [7, 11) is 1.73. The summed E-state index contributed by atoms with van der Waals surface area (Å²) in [4.78, 5) is 0. The van der Waals surface area contributed by atoms with Crippen LogP contribution in [-0.4, -0.2) is 40.4 Å². The molecule has 0 spiro atoms. The average molecular weight is 266 g/mol. The van der Waals surface area contributed by atoms with Gasteiger partial charge < -0.3 is 9.84 Å². The van der Waals surface area contributed by atoms with Gasteiger partial charge in [0.05, 0.1) is 18.4 Å². The lowest BCUT2D eigenvalue weighted by atomic mass is 10.2. The van der Waals surface area contributed by atoms with Crippen molar-refractivity contribution in [3.05, 3.63) is 17.5 Å². The highest BCUT2D eigenvalue weighted by Gasteiger charge is 2.27. The first-order chi connectivity index (χ1) is 8.31. The molecule has 0 bridgehead atoms. The van der Waals surface area contributed by atoms with E-state index >= 15 is 0 Å². The molecular weight excluding hydrogens is 249 g/mol. The molecule has 0 amide bonds. The average Bonchev–Trinajstić information content (AvgIpc) is 2.57. The van der Waals surface area contributed by atoms with E-state index in [1.807, 2.05) is 13.0 Å². The lowest BCUT2D eigenvalue weighted by Gasteiger charge is -2.12. The van der Waals surface area contributed by atoms with Gasteiger partial charge in [-0.1, -0.05) is 6.92 Å². The number of halogens is 3. The third kappa shape index (κ3) is 5.05. The predicted molar refractivity (Wildman–Crippen MR) is 59.2 cm³/mol. The van der Waals surface area contributed by atoms with Crippen LogP contribution in [0.3, 0.4) is 0 Å².